The van der Waals surface area contributed by atoms with Crippen LogP contribution in [-0.4, -0.2) is 28.0 Å². The van der Waals surface area contributed by atoms with E-state index in [-0.39, 0.29) is 11.2 Å². The van der Waals surface area contributed by atoms with Crippen LogP contribution in [0, 0.1) is 5.92 Å². The lowest BCUT2D eigenvalue weighted by Gasteiger charge is -2.30. The minimum absolute atomic E-state index is 0.163. The molecule has 0 radical (unpaired) electrons. The molecule has 0 saturated carbocycles. The molecule has 1 aromatic rings. The summed E-state index contributed by atoms with van der Waals surface area (Å²) in [6.07, 6.45) is 2.41. The molecule has 15 heavy (non-hydrogen) atoms. The van der Waals surface area contributed by atoms with Gasteiger partial charge < -0.3 is 10.6 Å². The Morgan fingerprint density at radius 1 is 1.40 bits per heavy atom. The third-order valence-electron chi connectivity index (χ3n) is 2.55. The number of piperidine rings is 1. The predicted octanol–water partition coefficient (Wildman–Crippen LogP) is 1.34. The maximum absolute atomic E-state index is 5.74. The number of aromatic nitrogens is 3. The first-order valence-corrected chi connectivity index (χ1v) is 5.45. The maximum atomic E-state index is 5.74. The second kappa shape index (κ2) is 4.18. The highest BCUT2D eigenvalue weighted by molar-refractivity contribution is 6.28. The van der Waals surface area contributed by atoms with Gasteiger partial charge in [-0.1, -0.05) is 6.92 Å². The van der Waals surface area contributed by atoms with Gasteiger partial charge in [-0.15, -0.1) is 0 Å². The van der Waals surface area contributed by atoms with E-state index in [1.165, 1.54) is 6.42 Å². The van der Waals surface area contributed by atoms with E-state index in [4.69, 9.17) is 17.3 Å². The average Bonchev–Trinajstić information content (AvgIpc) is 2.16. The summed E-state index contributed by atoms with van der Waals surface area (Å²) < 4.78 is 0. The van der Waals surface area contributed by atoms with E-state index in [1.54, 1.807) is 0 Å². The van der Waals surface area contributed by atoms with Gasteiger partial charge in [-0.3, -0.25) is 0 Å². The fourth-order valence-corrected chi connectivity index (χ4v) is 2.03. The van der Waals surface area contributed by atoms with Gasteiger partial charge in [0.05, 0.1) is 0 Å². The molecule has 5 nitrogen and oxygen atoms in total. The lowest BCUT2D eigenvalue weighted by atomic mass is 10.0. The Kier molecular flexibility index (Phi) is 2.90. The van der Waals surface area contributed by atoms with E-state index in [0.717, 1.165) is 19.5 Å². The van der Waals surface area contributed by atoms with Gasteiger partial charge in [-0.25, -0.2) is 0 Å². The molecule has 2 rings (SSSR count). The van der Waals surface area contributed by atoms with Crippen molar-refractivity contribution < 1.29 is 0 Å². The van der Waals surface area contributed by atoms with Crippen LogP contribution < -0.4 is 10.6 Å². The highest BCUT2D eigenvalue weighted by Crippen LogP contribution is 2.20. The van der Waals surface area contributed by atoms with E-state index < -0.39 is 0 Å². The van der Waals surface area contributed by atoms with Crippen molar-refractivity contribution in [3.05, 3.63) is 5.28 Å². The molecule has 0 spiro atoms. The first-order chi connectivity index (χ1) is 7.15. The number of hydrogen-bond donors (Lipinski definition) is 1. The van der Waals surface area contributed by atoms with E-state index in [9.17, 15) is 0 Å². The number of nitrogens with zero attached hydrogens (tertiary/aromatic N) is 4. The van der Waals surface area contributed by atoms with E-state index >= 15 is 0 Å². The van der Waals surface area contributed by atoms with Crippen LogP contribution in [0.3, 0.4) is 0 Å². The molecule has 1 fully saturated rings. The SMILES string of the molecule is CC1CCCN(c2nc(N)nc(Cl)n2)C1. The van der Waals surface area contributed by atoms with Crippen LogP contribution >= 0.6 is 11.6 Å². The fourth-order valence-electron chi connectivity index (χ4n) is 1.87. The first-order valence-electron chi connectivity index (χ1n) is 5.07. The molecule has 1 aliphatic heterocycles. The molecule has 1 aliphatic rings. The van der Waals surface area contributed by atoms with Crippen molar-refractivity contribution in [2.45, 2.75) is 19.8 Å². The standard InChI is InChI=1S/C9H14ClN5/c1-6-3-2-4-15(5-6)9-13-7(10)12-8(11)14-9/h6H,2-5H2,1H3,(H2,11,12,13,14). The fraction of sp³-hybridized carbons (Fsp3) is 0.667. The van der Waals surface area contributed by atoms with Crippen LogP contribution in [0.4, 0.5) is 11.9 Å². The van der Waals surface area contributed by atoms with Crippen LogP contribution in [0.5, 0.6) is 0 Å². The van der Waals surface area contributed by atoms with Gasteiger partial charge in [0.2, 0.25) is 17.2 Å². The van der Waals surface area contributed by atoms with Crippen molar-refractivity contribution in [3.63, 3.8) is 0 Å². The summed E-state index contributed by atoms with van der Waals surface area (Å²) in [4.78, 5) is 14.0. The van der Waals surface area contributed by atoms with Gasteiger partial charge in [-0.2, -0.15) is 15.0 Å². The smallest absolute Gasteiger partial charge is 0.231 e. The van der Waals surface area contributed by atoms with Crippen molar-refractivity contribution in [1.82, 2.24) is 15.0 Å². The lowest BCUT2D eigenvalue weighted by molar-refractivity contribution is 0.442. The lowest BCUT2D eigenvalue weighted by Crippen LogP contribution is -2.35. The minimum atomic E-state index is 0.163. The Hall–Kier alpha value is -1.10. The normalized spacial score (nSPS) is 21.7. The first kappa shape index (κ1) is 10.4. The Morgan fingerprint density at radius 2 is 2.20 bits per heavy atom. The van der Waals surface area contributed by atoms with Crippen LogP contribution in [0.2, 0.25) is 5.28 Å². The highest BCUT2D eigenvalue weighted by Gasteiger charge is 2.19. The van der Waals surface area contributed by atoms with Crippen molar-refractivity contribution in [1.29, 1.82) is 0 Å². The second-order valence-electron chi connectivity index (χ2n) is 3.96. The topological polar surface area (TPSA) is 67.9 Å². The van der Waals surface area contributed by atoms with Crippen molar-refractivity contribution >= 4 is 23.5 Å². The third-order valence-corrected chi connectivity index (χ3v) is 2.72. The molecule has 1 aromatic heterocycles. The highest BCUT2D eigenvalue weighted by atomic mass is 35.5. The Balaban J connectivity index is 2.20. The number of anilines is 2. The molecule has 2 N–H and O–H groups in total. The molecule has 1 saturated heterocycles. The van der Waals surface area contributed by atoms with Gasteiger partial charge in [-0.05, 0) is 30.4 Å². The Bertz CT molecular complexity index is 336. The van der Waals surface area contributed by atoms with Gasteiger partial charge >= 0.3 is 0 Å². The van der Waals surface area contributed by atoms with Gasteiger partial charge in [0.25, 0.3) is 0 Å². The summed E-state index contributed by atoms with van der Waals surface area (Å²) in [5.41, 5.74) is 5.53. The second-order valence-corrected chi connectivity index (χ2v) is 4.29. The minimum Gasteiger partial charge on any atom is -0.368 e. The zero-order valence-corrected chi connectivity index (χ0v) is 9.41. The molecule has 1 atom stereocenters. The van der Waals surface area contributed by atoms with Gasteiger partial charge in [0, 0.05) is 13.1 Å². The molecule has 2 heterocycles. The monoisotopic (exact) mass is 227 g/mol. The predicted molar refractivity (Wildman–Crippen MR) is 59.9 cm³/mol. The summed E-state index contributed by atoms with van der Waals surface area (Å²) in [5.74, 6) is 1.44. The molecule has 1 unspecified atom stereocenters. The molecule has 0 amide bonds. The number of nitrogen functional groups attached to an aromatic ring is 1. The summed E-state index contributed by atoms with van der Waals surface area (Å²) in [6, 6.07) is 0. The van der Waals surface area contributed by atoms with Crippen LogP contribution in [-0.2, 0) is 0 Å². The number of nitrogens with two attached hydrogens (primary N) is 1. The summed E-state index contributed by atoms with van der Waals surface area (Å²) in [7, 11) is 0. The zero-order chi connectivity index (χ0) is 10.8. The Morgan fingerprint density at radius 3 is 2.87 bits per heavy atom. The number of rotatable bonds is 1. The molecular weight excluding hydrogens is 214 g/mol. The Labute approximate surface area is 93.7 Å². The molecule has 6 heteroatoms. The van der Waals surface area contributed by atoms with Crippen molar-refractivity contribution in [2.75, 3.05) is 23.7 Å². The summed E-state index contributed by atoms with van der Waals surface area (Å²) >= 11 is 5.74. The zero-order valence-electron chi connectivity index (χ0n) is 8.65. The van der Waals surface area contributed by atoms with Crippen LogP contribution in [0.15, 0.2) is 0 Å². The van der Waals surface area contributed by atoms with Gasteiger partial charge in [0.1, 0.15) is 0 Å². The van der Waals surface area contributed by atoms with Crippen molar-refractivity contribution in [3.8, 4) is 0 Å². The number of hydrogen-bond acceptors (Lipinski definition) is 5. The van der Waals surface area contributed by atoms with Crippen LogP contribution in [0.1, 0.15) is 19.8 Å². The third kappa shape index (κ3) is 2.47. The van der Waals surface area contributed by atoms with E-state index in [0.29, 0.717) is 11.9 Å². The number of halogens is 1. The average molecular weight is 228 g/mol. The summed E-state index contributed by atoms with van der Waals surface area (Å²) in [5, 5.41) is 0.163. The van der Waals surface area contributed by atoms with Gasteiger partial charge in [0.15, 0.2) is 0 Å². The largest absolute Gasteiger partial charge is 0.368 e. The molecule has 0 bridgehead atoms. The quantitative estimate of drug-likeness (QED) is 0.784. The van der Waals surface area contributed by atoms with E-state index in [1.807, 2.05) is 0 Å². The molecular formula is C9H14ClN5. The molecule has 82 valence electrons. The summed E-state index contributed by atoms with van der Waals surface area (Å²) in [6.45, 7) is 4.14. The molecule has 0 aliphatic carbocycles. The van der Waals surface area contributed by atoms with E-state index in [2.05, 4.69) is 26.8 Å². The maximum Gasteiger partial charge on any atom is 0.231 e. The molecule has 0 aromatic carbocycles. The van der Waals surface area contributed by atoms with Crippen molar-refractivity contribution in [2.24, 2.45) is 5.92 Å². The van der Waals surface area contributed by atoms with Crippen LogP contribution in [0.25, 0.3) is 0 Å².